The van der Waals surface area contributed by atoms with E-state index < -0.39 is 12.4 Å². The Morgan fingerprint density at radius 3 is 2.67 bits per heavy atom. The SMILES string of the molecule is C=CCOC1OC(COC(C)=O)[C@@H](C)[C@H](C)[C@@H]1O. The lowest BCUT2D eigenvalue weighted by Gasteiger charge is -2.41. The zero-order valence-corrected chi connectivity index (χ0v) is 11.2. The topological polar surface area (TPSA) is 65.0 Å². The van der Waals surface area contributed by atoms with E-state index in [1.807, 2.05) is 13.8 Å². The summed E-state index contributed by atoms with van der Waals surface area (Å²) in [6.45, 7) is 9.30. The van der Waals surface area contributed by atoms with Crippen LogP contribution in [0.25, 0.3) is 0 Å². The molecule has 0 amide bonds. The first-order valence-electron chi connectivity index (χ1n) is 6.16. The van der Waals surface area contributed by atoms with Gasteiger partial charge in [-0.3, -0.25) is 4.79 Å². The minimum absolute atomic E-state index is 0.00845. The summed E-state index contributed by atoms with van der Waals surface area (Å²) in [5, 5.41) is 10.0. The number of ether oxygens (including phenoxy) is 3. The van der Waals surface area contributed by atoms with Gasteiger partial charge in [0.2, 0.25) is 0 Å². The average Bonchev–Trinajstić information content (AvgIpc) is 2.34. The number of hydrogen-bond donors (Lipinski definition) is 1. The number of aliphatic hydroxyl groups is 1. The van der Waals surface area contributed by atoms with Crippen molar-refractivity contribution in [3.05, 3.63) is 12.7 Å². The molecule has 0 bridgehead atoms. The van der Waals surface area contributed by atoms with Gasteiger partial charge in [-0.2, -0.15) is 0 Å². The predicted molar refractivity (Wildman–Crippen MR) is 65.8 cm³/mol. The second kappa shape index (κ2) is 6.87. The quantitative estimate of drug-likeness (QED) is 0.591. The summed E-state index contributed by atoms with van der Waals surface area (Å²) in [6, 6.07) is 0. The maximum atomic E-state index is 10.8. The maximum absolute atomic E-state index is 10.8. The van der Waals surface area contributed by atoms with Crippen LogP contribution in [0.2, 0.25) is 0 Å². The van der Waals surface area contributed by atoms with E-state index in [-0.39, 0.29) is 30.5 Å². The molecule has 0 saturated carbocycles. The van der Waals surface area contributed by atoms with Crippen molar-refractivity contribution in [1.82, 2.24) is 0 Å². The Kier molecular flexibility index (Phi) is 5.78. The van der Waals surface area contributed by atoms with Gasteiger partial charge in [0.25, 0.3) is 0 Å². The van der Waals surface area contributed by atoms with Crippen LogP contribution in [-0.4, -0.2) is 42.8 Å². The van der Waals surface area contributed by atoms with Crippen LogP contribution in [0.15, 0.2) is 12.7 Å². The van der Waals surface area contributed by atoms with Gasteiger partial charge in [0.1, 0.15) is 12.7 Å². The van der Waals surface area contributed by atoms with Crippen molar-refractivity contribution in [2.24, 2.45) is 11.8 Å². The van der Waals surface area contributed by atoms with Crippen molar-refractivity contribution in [2.75, 3.05) is 13.2 Å². The van der Waals surface area contributed by atoms with Crippen LogP contribution in [-0.2, 0) is 19.0 Å². The van der Waals surface area contributed by atoms with Crippen LogP contribution in [0.1, 0.15) is 20.8 Å². The highest BCUT2D eigenvalue weighted by atomic mass is 16.7. The van der Waals surface area contributed by atoms with Crippen molar-refractivity contribution in [1.29, 1.82) is 0 Å². The minimum Gasteiger partial charge on any atom is -0.463 e. The highest BCUT2D eigenvalue weighted by Crippen LogP contribution is 2.31. The molecule has 0 aromatic rings. The Hall–Kier alpha value is -0.910. The molecule has 1 N–H and O–H groups in total. The van der Waals surface area contributed by atoms with E-state index >= 15 is 0 Å². The highest BCUT2D eigenvalue weighted by Gasteiger charge is 2.41. The van der Waals surface area contributed by atoms with E-state index in [1.54, 1.807) is 6.08 Å². The Bertz CT molecular complexity index is 291. The van der Waals surface area contributed by atoms with Crippen molar-refractivity contribution in [2.45, 2.75) is 39.3 Å². The van der Waals surface area contributed by atoms with Gasteiger partial charge in [-0.05, 0) is 11.8 Å². The Morgan fingerprint density at radius 1 is 1.44 bits per heavy atom. The van der Waals surface area contributed by atoms with Crippen LogP contribution >= 0.6 is 0 Å². The summed E-state index contributed by atoms with van der Waals surface area (Å²) < 4.78 is 16.0. The number of aliphatic hydroxyl groups excluding tert-OH is 1. The number of carbonyl (C=O) groups excluding carboxylic acids is 1. The fourth-order valence-electron chi connectivity index (χ4n) is 1.97. The average molecular weight is 258 g/mol. The van der Waals surface area contributed by atoms with E-state index in [1.165, 1.54) is 6.92 Å². The molecule has 1 saturated heterocycles. The van der Waals surface area contributed by atoms with Crippen LogP contribution in [0.5, 0.6) is 0 Å². The van der Waals surface area contributed by atoms with Crippen LogP contribution in [0.3, 0.4) is 0 Å². The van der Waals surface area contributed by atoms with Crippen molar-refractivity contribution >= 4 is 5.97 Å². The molecule has 1 aliphatic rings. The molecule has 1 fully saturated rings. The van der Waals surface area contributed by atoms with E-state index in [2.05, 4.69) is 6.58 Å². The lowest BCUT2D eigenvalue weighted by atomic mass is 9.84. The third kappa shape index (κ3) is 3.80. The van der Waals surface area contributed by atoms with Crippen LogP contribution < -0.4 is 0 Å². The van der Waals surface area contributed by atoms with Crippen LogP contribution in [0, 0.1) is 11.8 Å². The summed E-state index contributed by atoms with van der Waals surface area (Å²) in [4.78, 5) is 10.8. The molecule has 5 atom stereocenters. The molecule has 2 unspecified atom stereocenters. The molecule has 1 rings (SSSR count). The molecule has 0 spiro atoms. The zero-order chi connectivity index (χ0) is 13.7. The molecule has 1 heterocycles. The smallest absolute Gasteiger partial charge is 0.302 e. The van der Waals surface area contributed by atoms with Gasteiger partial charge in [0.05, 0.1) is 12.7 Å². The summed E-state index contributed by atoms with van der Waals surface area (Å²) in [5.74, 6) is -0.245. The molecule has 5 nitrogen and oxygen atoms in total. The first-order chi connectivity index (χ1) is 8.47. The third-order valence-corrected chi connectivity index (χ3v) is 3.37. The Morgan fingerprint density at radius 2 is 2.11 bits per heavy atom. The molecule has 0 radical (unpaired) electrons. The van der Waals surface area contributed by atoms with Gasteiger partial charge in [-0.25, -0.2) is 0 Å². The first kappa shape index (κ1) is 15.1. The molecular weight excluding hydrogens is 236 g/mol. The highest BCUT2D eigenvalue weighted by molar-refractivity contribution is 5.65. The fourth-order valence-corrected chi connectivity index (χ4v) is 1.97. The zero-order valence-electron chi connectivity index (χ0n) is 11.2. The van der Waals surface area contributed by atoms with Gasteiger partial charge in [-0.15, -0.1) is 6.58 Å². The minimum atomic E-state index is -0.699. The van der Waals surface area contributed by atoms with Gasteiger partial charge >= 0.3 is 5.97 Å². The van der Waals surface area contributed by atoms with E-state index in [4.69, 9.17) is 14.2 Å². The van der Waals surface area contributed by atoms with E-state index in [9.17, 15) is 9.90 Å². The number of hydrogen-bond acceptors (Lipinski definition) is 5. The van der Waals surface area contributed by atoms with Crippen LogP contribution in [0.4, 0.5) is 0 Å². The fraction of sp³-hybridized carbons (Fsp3) is 0.769. The van der Waals surface area contributed by atoms with Gasteiger partial charge < -0.3 is 19.3 Å². The molecule has 5 heteroatoms. The number of carbonyl (C=O) groups is 1. The van der Waals surface area contributed by atoms with Gasteiger partial charge in [0.15, 0.2) is 6.29 Å². The van der Waals surface area contributed by atoms with Gasteiger partial charge in [0, 0.05) is 6.92 Å². The van der Waals surface area contributed by atoms with E-state index in [0.29, 0.717) is 6.61 Å². The summed E-state index contributed by atoms with van der Waals surface area (Å²) in [5.41, 5.74) is 0. The molecule has 0 aromatic heterocycles. The molecule has 0 aromatic carbocycles. The van der Waals surface area contributed by atoms with Crippen molar-refractivity contribution < 1.29 is 24.1 Å². The van der Waals surface area contributed by atoms with E-state index in [0.717, 1.165) is 0 Å². The number of esters is 1. The second-order valence-electron chi connectivity index (χ2n) is 4.68. The Balaban J connectivity index is 2.61. The molecule has 0 aliphatic carbocycles. The summed E-state index contributed by atoms with van der Waals surface area (Å²) in [6.07, 6.45) is -0.0507. The standard InChI is InChI=1S/C13H22O5/c1-5-6-16-13-12(15)9(3)8(2)11(18-13)7-17-10(4)14/h5,8-9,11-13,15H,1,6-7H2,2-4H3/t8-,9-,11?,12-,13?/m0/s1. The predicted octanol–water partition coefficient (Wildman–Crippen LogP) is 1.11. The van der Waals surface area contributed by atoms with Gasteiger partial charge in [-0.1, -0.05) is 19.9 Å². The normalized spacial score (nSPS) is 36.1. The summed E-state index contributed by atoms with van der Waals surface area (Å²) in [7, 11) is 0. The molecular formula is C13H22O5. The molecule has 18 heavy (non-hydrogen) atoms. The van der Waals surface area contributed by atoms with Crippen molar-refractivity contribution in [3.63, 3.8) is 0 Å². The Labute approximate surface area is 108 Å². The number of rotatable bonds is 5. The van der Waals surface area contributed by atoms with Crippen molar-refractivity contribution in [3.8, 4) is 0 Å². The summed E-state index contributed by atoms with van der Waals surface area (Å²) >= 11 is 0. The maximum Gasteiger partial charge on any atom is 0.302 e. The second-order valence-corrected chi connectivity index (χ2v) is 4.68. The molecule has 104 valence electrons. The largest absolute Gasteiger partial charge is 0.463 e. The third-order valence-electron chi connectivity index (χ3n) is 3.37. The monoisotopic (exact) mass is 258 g/mol. The molecule has 1 aliphatic heterocycles. The first-order valence-corrected chi connectivity index (χ1v) is 6.16. The lowest BCUT2D eigenvalue weighted by molar-refractivity contribution is -0.272. The lowest BCUT2D eigenvalue weighted by Crippen LogP contribution is -2.51.